The molecule has 0 aromatic rings. The molecule has 2 aliphatic rings. The number of allylic oxidation sites excluding steroid dienone is 4. The summed E-state index contributed by atoms with van der Waals surface area (Å²) in [5, 5.41) is 0.858. The highest BCUT2D eigenvalue weighted by Crippen LogP contribution is 2.52. The summed E-state index contributed by atoms with van der Waals surface area (Å²) in [5.41, 5.74) is 2.74. The standard InChI is InChI=1S/C19H26O5S/c1-12(2)15-11-19(4)13(3)17(7-6-14(19)10-16(15)20)24-18(21)8-9-25(5,22)23/h8-10,13,17H,6-7,11H2,1-5H3/b9-8+/t13-,17+,19+/m0/s1. The molecule has 0 heterocycles. The summed E-state index contributed by atoms with van der Waals surface area (Å²) in [6, 6.07) is 0. The van der Waals surface area contributed by atoms with Crippen molar-refractivity contribution < 1.29 is 22.7 Å². The number of hydrogen-bond acceptors (Lipinski definition) is 5. The van der Waals surface area contributed by atoms with E-state index < -0.39 is 15.8 Å². The molecule has 2 aliphatic carbocycles. The predicted octanol–water partition coefficient (Wildman–Crippen LogP) is 3.13. The monoisotopic (exact) mass is 366 g/mol. The van der Waals surface area contributed by atoms with Crippen LogP contribution in [-0.4, -0.2) is 32.5 Å². The molecule has 25 heavy (non-hydrogen) atoms. The number of ether oxygens (including phenoxy) is 1. The normalized spacial score (nSPS) is 30.0. The van der Waals surface area contributed by atoms with Gasteiger partial charge in [0.05, 0.1) is 0 Å². The Hall–Kier alpha value is -1.69. The zero-order valence-electron chi connectivity index (χ0n) is 15.5. The number of ketones is 1. The lowest BCUT2D eigenvalue weighted by Gasteiger charge is -2.48. The zero-order chi connectivity index (χ0) is 19.0. The maximum absolute atomic E-state index is 12.3. The molecule has 0 aromatic heterocycles. The topological polar surface area (TPSA) is 77.5 Å². The Morgan fingerprint density at radius 3 is 2.56 bits per heavy atom. The van der Waals surface area contributed by atoms with Crippen LogP contribution < -0.4 is 0 Å². The number of hydrogen-bond donors (Lipinski definition) is 0. The van der Waals surface area contributed by atoms with Crippen LogP contribution in [0.2, 0.25) is 0 Å². The van der Waals surface area contributed by atoms with Crippen molar-refractivity contribution in [3.05, 3.63) is 34.3 Å². The van der Waals surface area contributed by atoms with Gasteiger partial charge in [0.2, 0.25) is 0 Å². The largest absolute Gasteiger partial charge is 0.459 e. The van der Waals surface area contributed by atoms with Crippen LogP contribution in [0.25, 0.3) is 0 Å². The molecule has 3 atom stereocenters. The first-order valence-electron chi connectivity index (χ1n) is 8.44. The first-order chi connectivity index (χ1) is 11.4. The molecule has 5 nitrogen and oxygen atoms in total. The molecular weight excluding hydrogens is 340 g/mol. The van der Waals surface area contributed by atoms with Crippen LogP contribution in [0.15, 0.2) is 34.3 Å². The highest BCUT2D eigenvalue weighted by molar-refractivity contribution is 7.93. The van der Waals surface area contributed by atoms with Gasteiger partial charge < -0.3 is 4.74 Å². The fourth-order valence-electron chi connectivity index (χ4n) is 3.70. The Labute approximate surface area is 149 Å². The lowest BCUT2D eigenvalue weighted by molar-refractivity contribution is -0.149. The Morgan fingerprint density at radius 1 is 1.36 bits per heavy atom. The Morgan fingerprint density at radius 2 is 2.00 bits per heavy atom. The number of esters is 1. The predicted molar refractivity (Wildman–Crippen MR) is 96.4 cm³/mol. The Kier molecular flexibility index (Phi) is 5.42. The van der Waals surface area contributed by atoms with Crippen LogP contribution in [0.1, 0.15) is 47.0 Å². The van der Waals surface area contributed by atoms with Crippen molar-refractivity contribution in [2.75, 3.05) is 6.26 Å². The molecule has 6 heteroatoms. The van der Waals surface area contributed by atoms with E-state index in [4.69, 9.17) is 4.74 Å². The van der Waals surface area contributed by atoms with Crippen molar-refractivity contribution in [2.45, 2.75) is 53.1 Å². The molecule has 1 saturated carbocycles. The molecule has 138 valence electrons. The second kappa shape index (κ2) is 6.90. The van der Waals surface area contributed by atoms with Crippen LogP contribution in [-0.2, 0) is 24.2 Å². The van der Waals surface area contributed by atoms with E-state index in [9.17, 15) is 18.0 Å². The minimum atomic E-state index is -3.36. The molecule has 0 bridgehead atoms. The van der Waals surface area contributed by atoms with Crippen molar-refractivity contribution in [1.82, 2.24) is 0 Å². The molecule has 0 radical (unpaired) electrons. The van der Waals surface area contributed by atoms with Crippen molar-refractivity contribution in [1.29, 1.82) is 0 Å². The molecule has 1 fully saturated rings. The van der Waals surface area contributed by atoms with Gasteiger partial charge in [-0.3, -0.25) is 4.79 Å². The molecule has 0 N–H and O–H groups in total. The third kappa shape index (κ3) is 4.29. The number of carbonyl (C=O) groups is 2. The summed E-state index contributed by atoms with van der Waals surface area (Å²) >= 11 is 0. The smallest absolute Gasteiger partial charge is 0.331 e. The minimum absolute atomic E-state index is 0.0329. The van der Waals surface area contributed by atoms with Gasteiger partial charge in [-0.15, -0.1) is 0 Å². The van der Waals surface area contributed by atoms with Crippen LogP contribution in [0.3, 0.4) is 0 Å². The fourth-order valence-corrected chi connectivity index (χ4v) is 4.06. The quantitative estimate of drug-likeness (QED) is 0.566. The van der Waals surface area contributed by atoms with Crippen molar-refractivity contribution in [3.8, 4) is 0 Å². The summed E-state index contributed by atoms with van der Waals surface area (Å²) in [5.74, 6) is -0.524. The number of rotatable bonds is 3. The van der Waals surface area contributed by atoms with E-state index in [2.05, 4.69) is 6.92 Å². The van der Waals surface area contributed by atoms with E-state index in [-0.39, 0.29) is 23.2 Å². The summed E-state index contributed by atoms with van der Waals surface area (Å²) < 4.78 is 27.8. The van der Waals surface area contributed by atoms with Gasteiger partial charge in [-0.25, -0.2) is 13.2 Å². The van der Waals surface area contributed by atoms with Gasteiger partial charge in [-0.05, 0) is 50.2 Å². The first-order valence-corrected chi connectivity index (χ1v) is 10.4. The molecule has 2 rings (SSSR count). The average molecular weight is 366 g/mol. The van der Waals surface area contributed by atoms with Crippen LogP contribution in [0.4, 0.5) is 0 Å². The van der Waals surface area contributed by atoms with E-state index >= 15 is 0 Å². The van der Waals surface area contributed by atoms with Crippen LogP contribution in [0, 0.1) is 11.3 Å². The van der Waals surface area contributed by atoms with Crippen molar-refractivity contribution in [2.24, 2.45) is 11.3 Å². The van der Waals surface area contributed by atoms with E-state index in [0.717, 1.165) is 34.5 Å². The molecule has 0 spiro atoms. The zero-order valence-corrected chi connectivity index (χ0v) is 16.3. The SMILES string of the molecule is CC(C)=C1C[C@@]2(C)C(=CC1=O)CC[C@@H](OC(=O)/C=C/S(C)(=O)=O)[C@@H]2C. The second-order valence-corrected chi connectivity index (χ2v) is 9.47. The van der Waals surface area contributed by atoms with Crippen molar-refractivity contribution in [3.63, 3.8) is 0 Å². The van der Waals surface area contributed by atoms with Gasteiger partial charge in [0.1, 0.15) is 6.10 Å². The van der Waals surface area contributed by atoms with Gasteiger partial charge in [0.15, 0.2) is 15.6 Å². The summed E-state index contributed by atoms with van der Waals surface area (Å²) in [6.07, 6.45) is 5.43. The molecule has 0 amide bonds. The summed E-state index contributed by atoms with van der Waals surface area (Å²) in [7, 11) is -3.36. The highest BCUT2D eigenvalue weighted by Gasteiger charge is 2.47. The lowest BCUT2D eigenvalue weighted by atomic mass is 9.58. The number of sulfone groups is 1. The molecular formula is C19H26O5S. The highest BCUT2D eigenvalue weighted by atomic mass is 32.2. The van der Waals surface area contributed by atoms with Gasteiger partial charge in [0.25, 0.3) is 0 Å². The number of carbonyl (C=O) groups excluding carboxylic acids is 2. The molecule has 0 aromatic carbocycles. The fraction of sp³-hybridized carbons (Fsp3) is 0.579. The first kappa shape index (κ1) is 19.6. The molecule has 0 aliphatic heterocycles. The summed E-state index contributed by atoms with van der Waals surface area (Å²) in [4.78, 5) is 24.2. The average Bonchev–Trinajstić information content (AvgIpc) is 2.49. The molecule has 0 unspecified atom stereocenters. The molecule has 0 saturated heterocycles. The third-order valence-corrected chi connectivity index (χ3v) is 6.09. The van der Waals surface area contributed by atoms with E-state index in [1.54, 1.807) is 6.08 Å². The number of fused-ring (bicyclic) bond motifs is 1. The lowest BCUT2D eigenvalue weighted by Crippen LogP contribution is -2.44. The third-order valence-electron chi connectivity index (χ3n) is 5.46. The second-order valence-electron chi connectivity index (χ2n) is 7.54. The minimum Gasteiger partial charge on any atom is -0.459 e. The van der Waals surface area contributed by atoms with Gasteiger partial charge in [-0.1, -0.05) is 25.0 Å². The maximum atomic E-state index is 12.3. The van der Waals surface area contributed by atoms with Crippen LogP contribution in [0.5, 0.6) is 0 Å². The van der Waals surface area contributed by atoms with Crippen LogP contribution >= 0.6 is 0 Å². The Balaban J connectivity index is 2.22. The summed E-state index contributed by atoms with van der Waals surface area (Å²) in [6.45, 7) is 8.03. The van der Waals surface area contributed by atoms with E-state index in [1.165, 1.54) is 0 Å². The van der Waals surface area contributed by atoms with E-state index in [1.807, 2.05) is 20.8 Å². The Bertz CT molecular complexity index is 781. The van der Waals surface area contributed by atoms with Gasteiger partial charge >= 0.3 is 5.97 Å². The van der Waals surface area contributed by atoms with Crippen molar-refractivity contribution >= 4 is 21.6 Å². The van der Waals surface area contributed by atoms with E-state index in [0.29, 0.717) is 19.3 Å². The van der Waals surface area contributed by atoms with Gasteiger partial charge in [-0.2, -0.15) is 0 Å². The maximum Gasteiger partial charge on any atom is 0.331 e. The van der Waals surface area contributed by atoms with Gasteiger partial charge in [0, 0.05) is 23.7 Å².